The molecule has 0 aliphatic heterocycles. The summed E-state index contributed by atoms with van der Waals surface area (Å²) in [7, 11) is 0. The van der Waals surface area contributed by atoms with Crippen LogP contribution in [0.25, 0.3) is 0 Å². The Balaban J connectivity index is 0.00000180. The van der Waals surface area contributed by atoms with Gasteiger partial charge in [-0.2, -0.15) is 0 Å². The zero-order valence-corrected chi connectivity index (χ0v) is 14.3. The van der Waals surface area contributed by atoms with E-state index < -0.39 is 12.1 Å². The molecule has 1 aliphatic rings. The molecule has 0 heterocycles. The fraction of sp³-hybridized carbons (Fsp3) is 0.538. The number of halogens is 3. The summed E-state index contributed by atoms with van der Waals surface area (Å²) in [5, 5.41) is 20.0. The number of aliphatic hydroxyl groups is 1. The van der Waals surface area contributed by atoms with Crippen LogP contribution in [0.4, 0.5) is 0 Å². The highest BCUT2D eigenvalue weighted by molar-refractivity contribution is 9.11. The lowest BCUT2D eigenvalue weighted by Gasteiger charge is -2.25. The first-order chi connectivity index (χ1) is 8.50. The van der Waals surface area contributed by atoms with Crippen LogP contribution in [-0.4, -0.2) is 16.3 Å². The maximum absolute atomic E-state index is 10.3. The first-order valence-corrected chi connectivity index (χ1v) is 7.71. The van der Waals surface area contributed by atoms with Crippen molar-refractivity contribution in [3.05, 3.63) is 26.6 Å². The third-order valence-corrected chi connectivity index (χ3v) is 4.88. The molecular weight excluding hydrogens is 397 g/mol. The average molecular weight is 416 g/mol. The van der Waals surface area contributed by atoms with Crippen molar-refractivity contribution in [2.45, 2.75) is 37.8 Å². The number of aliphatic hydroxyl groups excluding tert-OH is 1. The standard InChI is InChI=1S/C13H17Br2NO2.ClH/c14-9-5-8(6-10(15)13(9)18)11(16)12(17)7-3-1-2-4-7;/h5-7,11-12,17-18H,1-4,16H2;1H/t11-,12+;/m0./s1. The van der Waals surface area contributed by atoms with E-state index in [9.17, 15) is 10.2 Å². The minimum Gasteiger partial charge on any atom is -0.506 e. The Labute approximate surface area is 136 Å². The summed E-state index contributed by atoms with van der Waals surface area (Å²) in [5.74, 6) is 0.452. The Bertz CT molecular complexity index is 416. The minimum atomic E-state index is -0.518. The van der Waals surface area contributed by atoms with Crippen LogP contribution in [-0.2, 0) is 0 Å². The largest absolute Gasteiger partial charge is 0.506 e. The summed E-state index contributed by atoms with van der Waals surface area (Å²) < 4.78 is 1.17. The second-order valence-electron chi connectivity index (χ2n) is 4.89. The van der Waals surface area contributed by atoms with Crippen LogP contribution < -0.4 is 5.73 Å². The third kappa shape index (κ3) is 3.85. The summed E-state index contributed by atoms with van der Waals surface area (Å²) in [6, 6.07) is 3.12. The van der Waals surface area contributed by atoms with E-state index in [2.05, 4.69) is 31.9 Å². The molecule has 1 aromatic rings. The van der Waals surface area contributed by atoms with Gasteiger partial charge in [0.25, 0.3) is 0 Å². The molecule has 1 fully saturated rings. The Morgan fingerprint density at radius 1 is 1.16 bits per heavy atom. The molecule has 0 saturated heterocycles. The molecule has 19 heavy (non-hydrogen) atoms. The van der Waals surface area contributed by atoms with Crippen molar-refractivity contribution >= 4 is 44.3 Å². The first-order valence-electron chi connectivity index (χ1n) is 6.12. The summed E-state index contributed by atoms with van der Waals surface area (Å²) in [5.41, 5.74) is 6.96. The molecule has 2 rings (SSSR count). The van der Waals surface area contributed by atoms with E-state index >= 15 is 0 Å². The lowest BCUT2D eigenvalue weighted by molar-refractivity contribution is 0.0844. The number of rotatable bonds is 3. The number of phenols is 1. The van der Waals surface area contributed by atoms with Gasteiger partial charge in [-0.15, -0.1) is 12.4 Å². The van der Waals surface area contributed by atoms with E-state index in [1.807, 2.05) is 0 Å². The number of phenolic OH excluding ortho intramolecular Hbond substituents is 1. The van der Waals surface area contributed by atoms with Gasteiger partial charge in [-0.05, 0) is 68.3 Å². The van der Waals surface area contributed by atoms with Gasteiger partial charge >= 0.3 is 0 Å². The maximum atomic E-state index is 10.3. The van der Waals surface area contributed by atoms with Crippen LogP contribution in [0.3, 0.4) is 0 Å². The predicted octanol–water partition coefficient (Wildman–Crippen LogP) is 3.89. The number of benzene rings is 1. The van der Waals surface area contributed by atoms with Crippen LogP contribution in [0.2, 0.25) is 0 Å². The van der Waals surface area contributed by atoms with E-state index in [-0.39, 0.29) is 18.2 Å². The highest BCUT2D eigenvalue weighted by Crippen LogP contribution is 2.37. The fourth-order valence-electron chi connectivity index (χ4n) is 2.57. The highest BCUT2D eigenvalue weighted by Gasteiger charge is 2.29. The van der Waals surface area contributed by atoms with Crippen LogP contribution >= 0.6 is 44.3 Å². The number of nitrogens with two attached hydrogens (primary N) is 1. The van der Waals surface area contributed by atoms with Gasteiger partial charge in [-0.3, -0.25) is 0 Å². The third-order valence-electron chi connectivity index (χ3n) is 3.67. The van der Waals surface area contributed by atoms with Crippen molar-refractivity contribution in [1.82, 2.24) is 0 Å². The van der Waals surface area contributed by atoms with E-state index in [0.29, 0.717) is 14.9 Å². The van der Waals surface area contributed by atoms with Crippen LogP contribution in [0.15, 0.2) is 21.1 Å². The second-order valence-corrected chi connectivity index (χ2v) is 6.60. The monoisotopic (exact) mass is 413 g/mol. The van der Waals surface area contributed by atoms with Crippen molar-refractivity contribution in [2.75, 3.05) is 0 Å². The summed E-state index contributed by atoms with van der Waals surface area (Å²) in [6.07, 6.45) is 3.94. The molecule has 1 saturated carbocycles. The maximum Gasteiger partial charge on any atom is 0.143 e. The predicted molar refractivity (Wildman–Crippen MR) is 85.6 cm³/mol. The smallest absolute Gasteiger partial charge is 0.143 e. The normalized spacial score (nSPS) is 18.9. The van der Waals surface area contributed by atoms with Crippen LogP contribution in [0, 0.1) is 5.92 Å². The Morgan fingerprint density at radius 3 is 2.11 bits per heavy atom. The van der Waals surface area contributed by atoms with E-state index in [0.717, 1.165) is 18.4 Å². The summed E-state index contributed by atoms with van der Waals surface area (Å²) in [6.45, 7) is 0. The lowest BCUT2D eigenvalue weighted by atomic mass is 9.91. The number of hydrogen-bond donors (Lipinski definition) is 3. The topological polar surface area (TPSA) is 66.5 Å². The molecule has 0 spiro atoms. The molecular formula is C13H18Br2ClNO2. The average Bonchev–Trinajstić information content (AvgIpc) is 2.87. The van der Waals surface area contributed by atoms with Gasteiger partial charge in [0.15, 0.2) is 0 Å². The first kappa shape index (κ1) is 17.2. The molecule has 0 unspecified atom stereocenters. The fourth-order valence-corrected chi connectivity index (χ4v) is 3.79. The Morgan fingerprint density at radius 2 is 1.63 bits per heavy atom. The van der Waals surface area contributed by atoms with Gasteiger partial charge in [-0.1, -0.05) is 12.8 Å². The number of hydrogen-bond acceptors (Lipinski definition) is 3. The van der Waals surface area contributed by atoms with Crippen molar-refractivity contribution in [3.8, 4) is 5.75 Å². The van der Waals surface area contributed by atoms with E-state index in [1.54, 1.807) is 12.1 Å². The van der Waals surface area contributed by atoms with Gasteiger partial charge in [0.2, 0.25) is 0 Å². The lowest BCUT2D eigenvalue weighted by Crippen LogP contribution is -2.31. The van der Waals surface area contributed by atoms with Crippen LogP contribution in [0.1, 0.15) is 37.3 Å². The molecule has 0 bridgehead atoms. The molecule has 4 N–H and O–H groups in total. The van der Waals surface area contributed by atoms with Crippen molar-refractivity contribution < 1.29 is 10.2 Å². The van der Waals surface area contributed by atoms with Gasteiger partial charge < -0.3 is 15.9 Å². The van der Waals surface area contributed by atoms with Crippen molar-refractivity contribution in [2.24, 2.45) is 11.7 Å². The van der Waals surface area contributed by atoms with Crippen molar-refractivity contribution in [3.63, 3.8) is 0 Å². The van der Waals surface area contributed by atoms with E-state index in [1.165, 1.54) is 12.8 Å². The Hall–Kier alpha value is 0.190. The second kappa shape index (κ2) is 7.27. The zero-order valence-electron chi connectivity index (χ0n) is 10.4. The highest BCUT2D eigenvalue weighted by atomic mass is 79.9. The Kier molecular flexibility index (Phi) is 6.60. The van der Waals surface area contributed by atoms with Crippen molar-refractivity contribution in [1.29, 1.82) is 0 Å². The van der Waals surface area contributed by atoms with Gasteiger partial charge in [-0.25, -0.2) is 0 Å². The minimum absolute atomic E-state index is 0. The van der Waals surface area contributed by atoms with Gasteiger partial charge in [0.05, 0.1) is 21.1 Å². The van der Waals surface area contributed by atoms with E-state index in [4.69, 9.17) is 5.73 Å². The zero-order chi connectivity index (χ0) is 13.3. The molecule has 108 valence electrons. The summed E-state index contributed by atoms with van der Waals surface area (Å²) >= 11 is 6.56. The number of aromatic hydroxyl groups is 1. The summed E-state index contributed by atoms with van der Waals surface area (Å²) in [4.78, 5) is 0. The SMILES string of the molecule is Cl.N[C@@H](c1cc(Br)c(O)c(Br)c1)[C@H](O)C1CCCC1. The van der Waals surface area contributed by atoms with Gasteiger partial charge in [0, 0.05) is 0 Å². The quantitative estimate of drug-likeness (QED) is 0.702. The van der Waals surface area contributed by atoms with Crippen LogP contribution in [0.5, 0.6) is 5.75 Å². The molecule has 1 aromatic carbocycles. The molecule has 0 radical (unpaired) electrons. The molecule has 2 atom stereocenters. The molecule has 3 nitrogen and oxygen atoms in total. The molecule has 0 amide bonds. The molecule has 1 aliphatic carbocycles. The molecule has 6 heteroatoms. The molecule has 0 aromatic heterocycles. The van der Waals surface area contributed by atoms with Gasteiger partial charge in [0.1, 0.15) is 5.75 Å².